The molecular weight excluding hydrogens is 716 g/mol. The zero-order chi connectivity index (χ0) is 40.4. The number of allylic oxidation sites excluding steroid dienone is 1. The maximum atomic E-state index is 13.6. The Bertz CT molecular complexity index is 1660. The highest BCUT2D eigenvalue weighted by Gasteiger charge is 2.27. The molecule has 3 aromatic carbocycles. The minimum atomic E-state index is -1.09. The highest BCUT2D eigenvalue weighted by Crippen LogP contribution is 2.14. The van der Waals surface area contributed by atoms with Crippen molar-refractivity contribution in [2.24, 2.45) is 5.92 Å². The van der Waals surface area contributed by atoms with Crippen molar-refractivity contribution in [2.45, 2.75) is 76.3 Å². The molecule has 0 unspecified atom stereocenters. The fraction of sp³-hybridized carbons (Fsp3) is 0.372. The summed E-state index contributed by atoms with van der Waals surface area (Å²) in [5.41, 5.74) is 2.58. The first kappa shape index (κ1) is 44.4. The third kappa shape index (κ3) is 17.9. The highest BCUT2D eigenvalue weighted by atomic mass is 16.6. The van der Waals surface area contributed by atoms with Crippen LogP contribution in [0.1, 0.15) is 55.2 Å². The summed E-state index contributed by atoms with van der Waals surface area (Å²) in [4.78, 5) is 64.6. The van der Waals surface area contributed by atoms with E-state index in [1.54, 1.807) is 18.2 Å². The van der Waals surface area contributed by atoms with Crippen LogP contribution in [-0.2, 0) is 48.2 Å². The number of aliphatic hydroxyl groups excluding tert-OH is 1. The third-order valence-electron chi connectivity index (χ3n) is 8.59. The lowest BCUT2D eigenvalue weighted by atomic mass is 9.98. The normalized spacial score (nSPS) is 12.7. The number of hydrogen-bond acceptors (Lipinski definition) is 9. The molecule has 0 aromatic heterocycles. The maximum absolute atomic E-state index is 13.6. The van der Waals surface area contributed by atoms with Crippen LogP contribution in [0.5, 0.6) is 0 Å². The first-order valence-electron chi connectivity index (χ1n) is 18.7. The summed E-state index contributed by atoms with van der Waals surface area (Å²) < 4.78 is 16.1. The maximum Gasteiger partial charge on any atom is 0.408 e. The molecule has 3 rings (SSSR count). The largest absolute Gasteiger partial charge is 0.462 e. The number of rotatable bonds is 25. The molecule has 4 amide bonds. The van der Waals surface area contributed by atoms with Gasteiger partial charge in [0.25, 0.3) is 0 Å². The van der Waals surface area contributed by atoms with Gasteiger partial charge >= 0.3 is 18.2 Å². The number of unbranched alkanes of at least 4 members (excludes halogenated alkanes) is 1. The van der Waals surface area contributed by atoms with Crippen molar-refractivity contribution in [3.63, 3.8) is 0 Å². The second-order valence-corrected chi connectivity index (χ2v) is 13.2. The van der Waals surface area contributed by atoms with Crippen LogP contribution in [-0.4, -0.2) is 73.0 Å². The topological polar surface area (TPSA) is 181 Å². The van der Waals surface area contributed by atoms with Crippen molar-refractivity contribution in [3.8, 4) is 0 Å². The van der Waals surface area contributed by atoms with Gasteiger partial charge in [0, 0.05) is 13.0 Å². The Kier molecular flexibility index (Phi) is 20.6. The van der Waals surface area contributed by atoms with Crippen molar-refractivity contribution in [1.29, 1.82) is 0 Å². The summed E-state index contributed by atoms with van der Waals surface area (Å²) in [6.45, 7) is 7.35. The second-order valence-electron chi connectivity index (χ2n) is 13.2. The average molecular weight is 771 g/mol. The molecular formula is C43H54N4O9. The predicted octanol–water partition coefficient (Wildman–Crippen LogP) is 5.28. The molecule has 5 N–H and O–H groups in total. The van der Waals surface area contributed by atoms with Gasteiger partial charge in [-0.15, -0.1) is 13.2 Å². The minimum Gasteiger partial charge on any atom is -0.462 e. The fourth-order valence-electron chi connectivity index (χ4n) is 5.62. The molecule has 13 heteroatoms. The first-order valence-corrected chi connectivity index (χ1v) is 18.7. The van der Waals surface area contributed by atoms with Gasteiger partial charge in [-0.1, -0.05) is 103 Å². The summed E-state index contributed by atoms with van der Waals surface area (Å²) in [7, 11) is 0. The molecule has 4 atom stereocenters. The van der Waals surface area contributed by atoms with Crippen molar-refractivity contribution in [2.75, 3.05) is 19.8 Å². The molecule has 0 aliphatic rings. The Morgan fingerprint density at radius 3 is 1.80 bits per heavy atom. The van der Waals surface area contributed by atoms with E-state index >= 15 is 0 Å². The number of esters is 1. The number of hydrogen-bond donors (Lipinski definition) is 5. The molecule has 0 bridgehead atoms. The lowest BCUT2D eigenvalue weighted by Crippen LogP contribution is -2.46. The Labute approximate surface area is 328 Å². The molecule has 300 valence electrons. The van der Waals surface area contributed by atoms with Crippen molar-refractivity contribution >= 4 is 30.0 Å². The highest BCUT2D eigenvalue weighted by molar-refractivity contribution is 5.86. The van der Waals surface area contributed by atoms with Gasteiger partial charge in [-0.2, -0.15) is 0 Å². The number of carbonyl (C=O) groups excluding carboxylic acids is 5. The quantitative estimate of drug-likeness (QED) is 0.0331. The van der Waals surface area contributed by atoms with E-state index in [0.717, 1.165) is 16.7 Å². The van der Waals surface area contributed by atoms with Crippen molar-refractivity contribution in [1.82, 2.24) is 21.3 Å². The first-order chi connectivity index (χ1) is 27.2. The molecule has 0 aliphatic carbocycles. The van der Waals surface area contributed by atoms with Crippen LogP contribution < -0.4 is 21.3 Å². The minimum absolute atomic E-state index is 0.00776. The Morgan fingerprint density at radius 1 is 0.661 bits per heavy atom. The van der Waals surface area contributed by atoms with Gasteiger partial charge in [0.2, 0.25) is 11.8 Å². The SMILES string of the molecule is C=CC[C@H](CC(=O)N[C@H](CO)Cc1ccccc1)C(=O)N[C@@H](CCCCNC(=O)OCc1ccccc1)COC(=O)[C@@H](CC=C)NC(=O)OCc1ccccc1. The summed E-state index contributed by atoms with van der Waals surface area (Å²) in [6.07, 6.45) is 3.55. The molecule has 0 fully saturated rings. The zero-order valence-corrected chi connectivity index (χ0v) is 31.7. The van der Waals surface area contributed by atoms with Crippen LogP contribution >= 0.6 is 0 Å². The zero-order valence-electron chi connectivity index (χ0n) is 31.7. The lowest BCUT2D eigenvalue weighted by Gasteiger charge is -2.24. The number of aliphatic hydroxyl groups is 1. The molecule has 0 spiro atoms. The molecule has 0 radical (unpaired) electrons. The number of nitrogens with one attached hydrogen (secondary N) is 4. The van der Waals surface area contributed by atoms with Crippen LogP contribution in [0.2, 0.25) is 0 Å². The molecule has 0 aliphatic heterocycles. The Hall–Kier alpha value is -5.95. The second kappa shape index (κ2) is 26.0. The van der Waals surface area contributed by atoms with E-state index in [0.29, 0.717) is 32.2 Å². The molecule has 3 aromatic rings. The Balaban J connectivity index is 1.59. The summed E-state index contributed by atoms with van der Waals surface area (Å²) in [5.74, 6) is -2.40. The molecule has 0 heterocycles. The van der Waals surface area contributed by atoms with Gasteiger partial charge in [-0.25, -0.2) is 14.4 Å². The van der Waals surface area contributed by atoms with E-state index in [-0.39, 0.29) is 45.7 Å². The van der Waals surface area contributed by atoms with Gasteiger partial charge in [0.05, 0.1) is 24.6 Å². The summed E-state index contributed by atoms with van der Waals surface area (Å²) in [6, 6.07) is 25.5. The van der Waals surface area contributed by atoms with E-state index in [9.17, 15) is 29.1 Å². The van der Waals surface area contributed by atoms with E-state index in [1.165, 1.54) is 6.08 Å². The molecule has 0 saturated carbocycles. The smallest absolute Gasteiger partial charge is 0.408 e. The number of carbonyl (C=O) groups is 5. The molecule has 13 nitrogen and oxygen atoms in total. The predicted molar refractivity (Wildman–Crippen MR) is 212 cm³/mol. The number of amides is 4. The van der Waals surface area contributed by atoms with Gasteiger partial charge in [0.1, 0.15) is 25.9 Å². The average Bonchev–Trinajstić information content (AvgIpc) is 3.21. The molecule has 56 heavy (non-hydrogen) atoms. The van der Waals surface area contributed by atoms with Crippen LogP contribution in [0.15, 0.2) is 116 Å². The molecule has 0 saturated heterocycles. The summed E-state index contributed by atoms with van der Waals surface area (Å²) in [5, 5.41) is 20.9. The van der Waals surface area contributed by atoms with E-state index in [4.69, 9.17) is 14.2 Å². The van der Waals surface area contributed by atoms with E-state index in [2.05, 4.69) is 34.4 Å². The number of benzene rings is 3. The van der Waals surface area contributed by atoms with Gasteiger partial charge in [0.15, 0.2) is 0 Å². The van der Waals surface area contributed by atoms with Crippen LogP contribution in [0, 0.1) is 5.92 Å². The van der Waals surface area contributed by atoms with Crippen molar-refractivity contribution in [3.05, 3.63) is 133 Å². The van der Waals surface area contributed by atoms with Crippen LogP contribution in [0.25, 0.3) is 0 Å². The third-order valence-corrected chi connectivity index (χ3v) is 8.59. The van der Waals surface area contributed by atoms with E-state index in [1.807, 2.05) is 78.9 Å². The van der Waals surface area contributed by atoms with Gasteiger partial charge in [-0.3, -0.25) is 9.59 Å². The van der Waals surface area contributed by atoms with E-state index < -0.39 is 54.0 Å². The van der Waals surface area contributed by atoms with Gasteiger partial charge < -0.3 is 40.6 Å². The van der Waals surface area contributed by atoms with Crippen LogP contribution in [0.3, 0.4) is 0 Å². The van der Waals surface area contributed by atoms with Crippen LogP contribution in [0.4, 0.5) is 9.59 Å². The van der Waals surface area contributed by atoms with Gasteiger partial charge in [-0.05, 0) is 55.2 Å². The monoisotopic (exact) mass is 770 g/mol. The summed E-state index contributed by atoms with van der Waals surface area (Å²) >= 11 is 0. The lowest BCUT2D eigenvalue weighted by molar-refractivity contribution is -0.147. The standard InChI is InChI=1S/C43H54N4O9/c1-3-16-35(27-39(49)45-37(28-48)26-32-18-8-5-9-19-32)40(50)46-36(24-14-15-25-44-42(52)55-29-33-20-10-6-11-21-33)31-54-41(51)38(17-4-2)47-43(53)56-30-34-22-12-7-13-23-34/h3-13,18-23,35-38,48H,1-2,14-17,24-31H2,(H,44,52)(H,45,49)(H,46,50)(H,47,53)/t35-,36+,37+,38-/m1/s1. The number of alkyl carbamates (subject to hydrolysis) is 2. The Morgan fingerprint density at radius 2 is 1.23 bits per heavy atom. The fourth-order valence-corrected chi connectivity index (χ4v) is 5.62. The number of ether oxygens (including phenoxy) is 3. The van der Waals surface area contributed by atoms with Crippen molar-refractivity contribution < 1.29 is 43.3 Å².